The summed E-state index contributed by atoms with van der Waals surface area (Å²) in [4.78, 5) is 16.9. The van der Waals surface area contributed by atoms with E-state index in [-0.39, 0.29) is 18.3 Å². The molecule has 134 valence electrons. The first kappa shape index (κ1) is 19.4. The van der Waals surface area contributed by atoms with Crippen LogP contribution in [0, 0.1) is 0 Å². The predicted octanol–water partition coefficient (Wildman–Crippen LogP) is 2.32. The fourth-order valence-electron chi connectivity index (χ4n) is 3.16. The van der Waals surface area contributed by atoms with Crippen LogP contribution in [0.1, 0.15) is 11.1 Å². The third-order valence-corrected chi connectivity index (χ3v) is 4.55. The summed E-state index contributed by atoms with van der Waals surface area (Å²) in [6, 6.07) is 20.0. The second-order valence-electron chi connectivity index (χ2n) is 6.38. The average Bonchev–Trinajstić information content (AvgIpc) is 2.63. The van der Waals surface area contributed by atoms with Crippen molar-refractivity contribution in [1.82, 2.24) is 9.80 Å². The van der Waals surface area contributed by atoms with E-state index >= 15 is 0 Å². The molecule has 1 aliphatic heterocycles. The molecule has 0 saturated carbocycles. The molecule has 0 unspecified atom stereocenters. The Morgan fingerprint density at radius 3 is 1.96 bits per heavy atom. The molecular formula is C20H26ClN3O. The zero-order chi connectivity index (χ0) is 16.8. The van der Waals surface area contributed by atoms with E-state index in [1.165, 1.54) is 5.56 Å². The summed E-state index contributed by atoms with van der Waals surface area (Å²) in [6.45, 7) is 4.26. The molecule has 25 heavy (non-hydrogen) atoms. The highest BCUT2D eigenvalue weighted by molar-refractivity contribution is 5.85. The third-order valence-electron chi connectivity index (χ3n) is 4.55. The minimum atomic E-state index is -0.451. The summed E-state index contributed by atoms with van der Waals surface area (Å²) in [5.74, 6) is 0.0678. The van der Waals surface area contributed by atoms with Gasteiger partial charge in [0.15, 0.2) is 0 Å². The van der Waals surface area contributed by atoms with Crippen LogP contribution in [0.2, 0.25) is 0 Å². The molecule has 0 bridgehead atoms. The Hall–Kier alpha value is -1.88. The van der Waals surface area contributed by atoms with Crippen LogP contribution in [-0.4, -0.2) is 47.9 Å². The van der Waals surface area contributed by atoms with Gasteiger partial charge in [-0.3, -0.25) is 9.69 Å². The molecule has 3 rings (SSSR count). The molecule has 5 heteroatoms. The second-order valence-corrected chi connectivity index (χ2v) is 6.38. The lowest BCUT2D eigenvalue weighted by molar-refractivity contribution is -0.134. The first-order valence-electron chi connectivity index (χ1n) is 8.57. The highest BCUT2D eigenvalue weighted by Gasteiger charge is 2.25. The summed E-state index contributed by atoms with van der Waals surface area (Å²) in [7, 11) is 0. The summed E-state index contributed by atoms with van der Waals surface area (Å²) in [5, 5.41) is 0. The van der Waals surface area contributed by atoms with Crippen molar-refractivity contribution in [3.05, 3.63) is 71.8 Å². The summed E-state index contributed by atoms with van der Waals surface area (Å²) in [5.41, 5.74) is 8.56. The zero-order valence-electron chi connectivity index (χ0n) is 14.4. The Labute approximate surface area is 156 Å². The average molecular weight is 360 g/mol. The van der Waals surface area contributed by atoms with Crippen molar-refractivity contribution in [1.29, 1.82) is 0 Å². The first-order valence-corrected chi connectivity index (χ1v) is 8.57. The van der Waals surface area contributed by atoms with Gasteiger partial charge in [-0.15, -0.1) is 12.4 Å². The van der Waals surface area contributed by atoms with E-state index in [1.54, 1.807) is 0 Å². The molecule has 0 radical (unpaired) electrons. The number of carbonyl (C=O) groups excluding carboxylic acids is 1. The van der Waals surface area contributed by atoms with Crippen molar-refractivity contribution < 1.29 is 4.79 Å². The molecular weight excluding hydrogens is 334 g/mol. The lowest BCUT2D eigenvalue weighted by Crippen LogP contribution is -2.53. The van der Waals surface area contributed by atoms with Gasteiger partial charge in [-0.2, -0.15) is 0 Å². The monoisotopic (exact) mass is 359 g/mol. The molecule has 4 nitrogen and oxygen atoms in total. The SMILES string of the molecule is Cl.N[C@@H](Cc1ccccc1)C(=O)N1CCN(Cc2ccccc2)CC1. The Bertz CT molecular complexity index is 643. The minimum absolute atomic E-state index is 0. The predicted molar refractivity (Wildman–Crippen MR) is 104 cm³/mol. The number of benzene rings is 2. The van der Waals surface area contributed by atoms with E-state index in [2.05, 4.69) is 29.2 Å². The number of nitrogens with two attached hydrogens (primary N) is 1. The zero-order valence-corrected chi connectivity index (χ0v) is 15.2. The van der Waals surface area contributed by atoms with Crippen LogP contribution < -0.4 is 5.73 Å². The van der Waals surface area contributed by atoms with Gasteiger partial charge in [0.1, 0.15) is 0 Å². The van der Waals surface area contributed by atoms with Gasteiger partial charge in [0.2, 0.25) is 5.91 Å². The van der Waals surface area contributed by atoms with Gasteiger partial charge in [0, 0.05) is 32.7 Å². The van der Waals surface area contributed by atoms with E-state index in [0.29, 0.717) is 6.42 Å². The number of rotatable bonds is 5. The van der Waals surface area contributed by atoms with Gasteiger partial charge in [-0.1, -0.05) is 60.7 Å². The molecule has 1 amide bonds. The maximum Gasteiger partial charge on any atom is 0.239 e. The smallest absolute Gasteiger partial charge is 0.239 e. The molecule has 0 aromatic heterocycles. The quantitative estimate of drug-likeness (QED) is 0.891. The van der Waals surface area contributed by atoms with Gasteiger partial charge in [0.25, 0.3) is 0 Å². The Kier molecular flexibility index (Phi) is 7.44. The van der Waals surface area contributed by atoms with E-state index in [9.17, 15) is 4.79 Å². The van der Waals surface area contributed by atoms with Crippen LogP contribution in [0.15, 0.2) is 60.7 Å². The Morgan fingerprint density at radius 2 is 1.40 bits per heavy atom. The lowest BCUT2D eigenvalue weighted by Gasteiger charge is -2.36. The van der Waals surface area contributed by atoms with Crippen molar-refractivity contribution in [3.8, 4) is 0 Å². The van der Waals surface area contributed by atoms with Crippen molar-refractivity contribution in [2.24, 2.45) is 5.73 Å². The van der Waals surface area contributed by atoms with Crippen molar-refractivity contribution >= 4 is 18.3 Å². The maximum absolute atomic E-state index is 12.5. The molecule has 1 saturated heterocycles. The number of nitrogens with zero attached hydrogens (tertiary/aromatic N) is 2. The molecule has 1 atom stereocenters. The van der Waals surface area contributed by atoms with E-state index in [4.69, 9.17) is 5.73 Å². The lowest BCUT2D eigenvalue weighted by atomic mass is 10.1. The van der Waals surface area contributed by atoms with E-state index in [0.717, 1.165) is 38.3 Å². The maximum atomic E-state index is 12.5. The van der Waals surface area contributed by atoms with Crippen LogP contribution in [0.25, 0.3) is 0 Å². The molecule has 1 aliphatic rings. The van der Waals surface area contributed by atoms with Gasteiger partial charge in [-0.05, 0) is 17.5 Å². The van der Waals surface area contributed by atoms with Crippen LogP contribution >= 0.6 is 12.4 Å². The standard InChI is InChI=1S/C20H25N3O.ClH/c21-19(15-17-7-3-1-4-8-17)20(24)23-13-11-22(12-14-23)16-18-9-5-2-6-10-18;/h1-10,19H,11-16,21H2;1H/t19-;/m0./s1. The van der Waals surface area contributed by atoms with Crippen molar-refractivity contribution in [2.45, 2.75) is 19.0 Å². The number of carbonyl (C=O) groups is 1. The number of hydrogen-bond donors (Lipinski definition) is 1. The fraction of sp³-hybridized carbons (Fsp3) is 0.350. The third kappa shape index (κ3) is 5.56. The second kappa shape index (κ2) is 9.56. The molecule has 1 fully saturated rings. The van der Waals surface area contributed by atoms with E-state index < -0.39 is 6.04 Å². The molecule has 2 N–H and O–H groups in total. The Morgan fingerprint density at radius 1 is 0.880 bits per heavy atom. The molecule has 0 spiro atoms. The summed E-state index contributed by atoms with van der Waals surface area (Å²) in [6.07, 6.45) is 0.601. The first-order chi connectivity index (χ1) is 11.7. The van der Waals surface area contributed by atoms with Crippen molar-refractivity contribution in [2.75, 3.05) is 26.2 Å². The van der Waals surface area contributed by atoms with Crippen LogP contribution in [0.3, 0.4) is 0 Å². The fourth-order valence-corrected chi connectivity index (χ4v) is 3.16. The normalized spacial score (nSPS) is 16.1. The van der Waals surface area contributed by atoms with Crippen LogP contribution in [-0.2, 0) is 17.8 Å². The van der Waals surface area contributed by atoms with Gasteiger partial charge in [0.05, 0.1) is 6.04 Å². The summed E-state index contributed by atoms with van der Waals surface area (Å²) < 4.78 is 0. The molecule has 0 aliphatic carbocycles. The highest BCUT2D eigenvalue weighted by atomic mass is 35.5. The molecule has 2 aromatic carbocycles. The van der Waals surface area contributed by atoms with Gasteiger partial charge < -0.3 is 10.6 Å². The number of hydrogen-bond acceptors (Lipinski definition) is 3. The number of amides is 1. The molecule has 2 aromatic rings. The van der Waals surface area contributed by atoms with Crippen molar-refractivity contribution in [3.63, 3.8) is 0 Å². The Balaban J connectivity index is 0.00000225. The minimum Gasteiger partial charge on any atom is -0.339 e. The number of piperazine rings is 1. The highest BCUT2D eigenvalue weighted by Crippen LogP contribution is 2.10. The van der Waals surface area contributed by atoms with Gasteiger partial charge >= 0.3 is 0 Å². The van der Waals surface area contributed by atoms with Crippen LogP contribution in [0.4, 0.5) is 0 Å². The summed E-state index contributed by atoms with van der Waals surface area (Å²) >= 11 is 0. The van der Waals surface area contributed by atoms with Crippen LogP contribution in [0.5, 0.6) is 0 Å². The molecule has 1 heterocycles. The number of halogens is 1. The topological polar surface area (TPSA) is 49.6 Å². The van der Waals surface area contributed by atoms with Gasteiger partial charge in [-0.25, -0.2) is 0 Å². The largest absolute Gasteiger partial charge is 0.339 e. The van der Waals surface area contributed by atoms with E-state index in [1.807, 2.05) is 41.3 Å².